The summed E-state index contributed by atoms with van der Waals surface area (Å²) in [5.74, 6) is -0.00734. The fraction of sp³-hybridized carbons (Fsp3) is 0.194. The third kappa shape index (κ3) is 3.00. The SMILES string of the molecule is O=C(Oc1ccc(S(=O)(=O)O)c2c1CCCC2)C12c3ccccc3C(c3ccccc31)c1ccccc12. The van der Waals surface area contributed by atoms with Gasteiger partial charge < -0.3 is 4.74 Å². The van der Waals surface area contributed by atoms with Gasteiger partial charge in [-0.25, -0.2) is 4.79 Å². The first kappa shape index (κ1) is 22.5. The molecule has 0 unspecified atom stereocenters. The summed E-state index contributed by atoms with van der Waals surface area (Å²) in [5, 5.41) is 0. The van der Waals surface area contributed by atoms with E-state index in [-0.39, 0.29) is 10.8 Å². The van der Waals surface area contributed by atoms with Crippen LogP contribution in [0.2, 0.25) is 0 Å². The van der Waals surface area contributed by atoms with Crippen molar-refractivity contribution in [3.63, 3.8) is 0 Å². The van der Waals surface area contributed by atoms with Gasteiger partial charge in [0.15, 0.2) is 0 Å². The average molecular weight is 509 g/mol. The maximum absolute atomic E-state index is 14.6. The van der Waals surface area contributed by atoms with Crippen LogP contribution in [0.5, 0.6) is 5.75 Å². The van der Waals surface area contributed by atoms with Gasteiger partial charge in [-0.2, -0.15) is 8.42 Å². The van der Waals surface area contributed by atoms with Crippen LogP contribution in [0.15, 0.2) is 89.8 Å². The Bertz CT molecular complexity index is 1600. The van der Waals surface area contributed by atoms with Crippen LogP contribution in [0.4, 0.5) is 0 Å². The molecule has 184 valence electrons. The van der Waals surface area contributed by atoms with E-state index < -0.39 is 21.5 Å². The van der Waals surface area contributed by atoms with Crippen molar-refractivity contribution in [2.24, 2.45) is 0 Å². The molecule has 0 spiro atoms. The van der Waals surface area contributed by atoms with Gasteiger partial charge >= 0.3 is 5.97 Å². The number of carbonyl (C=O) groups is 1. The lowest BCUT2D eigenvalue weighted by molar-refractivity contribution is -0.138. The highest BCUT2D eigenvalue weighted by Gasteiger charge is 2.57. The molecule has 2 bridgehead atoms. The fourth-order valence-electron chi connectivity index (χ4n) is 6.85. The summed E-state index contributed by atoms with van der Waals surface area (Å²) in [6.07, 6.45) is 2.76. The van der Waals surface area contributed by atoms with E-state index in [0.29, 0.717) is 29.7 Å². The van der Waals surface area contributed by atoms with Gasteiger partial charge in [0.1, 0.15) is 11.2 Å². The molecule has 0 saturated heterocycles. The zero-order valence-electron chi connectivity index (χ0n) is 20.0. The van der Waals surface area contributed by atoms with Gasteiger partial charge in [-0.05, 0) is 82.3 Å². The first-order chi connectivity index (χ1) is 17.9. The molecule has 4 aromatic rings. The van der Waals surface area contributed by atoms with E-state index in [9.17, 15) is 17.8 Å². The van der Waals surface area contributed by atoms with Crippen LogP contribution in [0.1, 0.15) is 63.3 Å². The molecular weight excluding hydrogens is 484 g/mol. The Balaban J connectivity index is 1.46. The van der Waals surface area contributed by atoms with Crippen LogP contribution < -0.4 is 4.74 Å². The van der Waals surface area contributed by atoms with E-state index >= 15 is 0 Å². The lowest BCUT2D eigenvalue weighted by atomic mass is 9.53. The minimum Gasteiger partial charge on any atom is -0.425 e. The molecular formula is C31H24O5S. The molecule has 8 rings (SSSR count). The average Bonchev–Trinajstić information content (AvgIpc) is 2.92. The second kappa shape index (κ2) is 7.88. The second-order valence-corrected chi connectivity index (χ2v) is 11.4. The fourth-order valence-corrected chi connectivity index (χ4v) is 7.63. The molecule has 0 aliphatic heterocycles. The van der Waals surface area contributed by atoms with Crippen LogP contribution in [0, 0.1) is 0 Å². The minimum atomic E-state index is -4.38. The highest BCUT2D eigenvalue weighted by Crippen LogP contribution is 2.59. The Morgan fingerprint density at radius 2 is 1.22 bits per heavy atom. The monoisotopic (exact) mass is 508 g/mol. The summed E-state index contributed by atoms with van der Waals surface area (Å²) in [7, 11) is -4.38. The minimum absolute atomic E-state index is 0.0417. The molecule has 0 saturated carbocycles. The predicted octanol–water partition coefficient (Wildman–Crippen LogP) is 5.56. The Hall–Kier alpha value is -3.74. The molecule has 4 aliphatic carbocycles. The number of hydrogen-bond donors (Lipinski definition) is 1. The molecule has 6 heteroatoms. The van der Waals surface area contributed by atoms with Crippen molar-refractivity contribution in [1.29, 1.82) is 0 Å². The molecule has 0 fully saturated rings. The first-order valence-electron chi connectivity index (χ1n) is 12.5. The molecule has 0 aromatic heterocycles. The Morgan fingerprint density at radius 1 is 0.730 bits per heavy atom. The summed E-state index contributed by atoms with van der Waals surface area (Å²) in [6, 6.07) is 27.1. The molecule has 0 atom stereocenters. The maximum Gasteiger partial charge on any atom is 0.331 e. The lowest BCUT2D eigenvalue weighted by Crippen LogP contribution is -2.49. The van der Waals surface area contributed by atoms with E-state index in [1.165, 1.54) is 12.1 Å². The van der Waals surface area contributed by atoms with Gasteiger partial charge in [-0.15, -0.1) is 0 Å². The van der Waals surface area contributed by atoms with E-state index in [2.05, 4.69) is 18.2 Å². The zero-order valence-corrected chi connectivity index (χ0v) is 20.8. The van der Waals surface area contributed by atoms with Crippen molar-refractivity contribution in [1.82, 2.24) is 0 Å². The second-order valence-electron chi connectivity index (χ2n) is 10.0. The van der Waals surface area contributed by atoms with Crippen molar-refractivity contribution in [3.8, 4) is 5.75 Å². The van der Waals surface area contributed by atoms with Gasteiger partial charge in [0.25, 0.3) is 10.1 Å². The number of ether oxygens (including phenoxy) is 1. The van der Waals surface area contributed by atoms with E-state index in [1.54, 1.807) is 0 Å². The van der Waals surface area contributed by atoms with E-state index in [4.69, 9.17) is 4.74 Å². The lowest BCUT2D eigenvalue weighted by Gasteiger charge is -2.48. The third-order valence-corrected chi connectivity index (χ3v) is 9.20. The zero-order chi connectivity index (χ0) is 25.4. The topological polar surface area (TPSA) is 80.7 Å². The molecule has 4 aromatic carbocycles. The van der Waals surface area contributed by atoms with E-state index in [0.717, 1.165) is 46.2 Å². The summed E-state index contributed by atoms with van der Waals surface area (Å²) in [6.45, 7) is 0. The van der Waals surface area contributed by atoms with Crippen LogP contribution in [0.25, 0.3) is 0 Å². The Kier molecular flexibility index (Phi) is 4.78. The predicted molar refractivity (Wildman–Crippen MR) is 139 cm³/mol. The van der Waals surface area contributed by atoms with Gasteiger partial charge in [-0.1, -0.05) is 72.8 Å². The first-order valence-corrected chi connectivity index (χ1v) is 14.0. The van der Waals surface area contributed by atoms with Gasteiger partial charge in [0, 0.05) is 5.92 Å². The Morgan fingerprint density at radius 3 is 1.73 bits per heavy atom. The number of hydrogen-bond acceptors (Lipinski definition) is 4. The molecule has 4 aliphatic rings. The Labute approximate surface area is 215 Å². The van der Waals surface area contributed by atoms with Gasteiger partial charge in [-0.3, -0.25) is 4.55 Å². The van der Waals surface area contributed by atoms with Gasteiger partial charge in [0.05, 0.1) is 4.90 Å². The van der Waals surface area contributed by atoms with Crippen molar-refractivity contribution in [2.45, 2.75) is 41.9 Å². The highest BCUT2D eigenvalue weighted by molar-refractivity contribution is 7.85. The van der Waals surface area contributed by atoms with Crippen molar-refractivity contribution < 1.29 is 22.5 Å². The number of esters is 1. The van der Waals surface area contributed by atoms with Crippen molar-refractivity contribution in [2.75, 3.05) is 0 Å². The quantitative estimate of drug-likeness (QED) is 0.223. The molecule has 0 radical (unpaired) electrons. The van der Waals surface area contributed by atoms with Crippen LogP contribution in [0.3, 0.4) is 0 Å². The smallest absolute Gasteiger partial charge is 0.331 e. The van der Waals surface area contributed by atoms with Crippen LogP contribution in [-0.4, -0.2) is 18.9 Å². The van der Waals surface area contributed by atoms with Crippen molar-refractivity contribution in [3.05, 3.63) is 129 Å². The number of benzene rings is 4. The maximum atomic E-state index is 14.6. The molecule has 1 N–H and O–H groups in total. The van der Waals surface area contributed by atoms with Crippen LogP contribution >= 0.6 is 0 Å². The molecule has 5 nitrogen and oxygen atoms in total. The van der Waals surface area contributed by atoms with Crippen molar-refractivity contribution >= 4 is 16.1 Å². The number of fused-ring (bicyclic) bond motifs is 1. The van der Waals surface area contributed by atoms with Crippen LogP contribution in [-0.2, 0) is 33.2 Å². The summed E-state index contributed by atoms with van der Waals surface area (Å²) < 4.78 is 40.2. The molecule has 37 heavy (non-hydrogen) atoms. The molecule has 0 heterocycles. The molecule has 0 amide bonds. The summed E-state index contributed by atoms with van der Waals surface area (Å²) in [5.41, 5.74) is 6.14. The number of carbonyl (C=O) groups excluding carboxylic acids is 1. The summed E-state index contributed by atoms with van der Waals surface area (Å²) in [4.78, 5) is 14.5. The van der Waals surface area contributed by atoms with Gasteiger partial charge in [0.2, 0.25) is 0 Å². The summed E-state index contributed by atoms with van der Waals surface area (Å²) >= 11 is 0. The highest BCUT2D eigenvalue weighted by atomic mass is 32.2. The largest absolute Gasteiger partial charge is 0.425 e. The third-order valence-electron chi connectivity index (χ3n) is 8.26. The van der Waals surface area contributed by atoms with E-state index in [1.807, 2.05) is 54.6 Å². The normalized spacial score (nSPS) is 20.8. The number of rotatable bonds is 3. The standard InChI is InChI=1S/C31H24O5S/c32-30(36-27-17-18-28(37(33,34)35)20-10-2-1-9-19(20)27)31-24-14-6-3-11-21(24)29(22-12-4-7-15-25(22)31)23-13-5-8-16-26(23)31/h3-8,11-18,29H,1-2,9-10H2,(H,33,34,35).